The van der Waals surface area contributed by atoms with E-state index in [2.05, 4.69) is 19.8 Å². The molecule has 0 amide bonds. The monoisotopic (exact) mass is 309 g/mol. The van der Waals surface area contributed by atoms with Gasteiger partial charge in [0.15, 0.2) is 11.5 Å². The standard InChI is InChI=1S/C13H9F2N3O2S/c14-13(15)19-9-2-1-8(6-10(9)20-13)18-11-5-7(12(16)21)3-4-17-11/h1-6H,(H2,16,21)(H,17,18). The number of nitrogens with two attached hydrogens (primary N) is 1. The third kappa shape index (κ3) is 2.84. The molecule has 0 unspecified atom stereocenters. The lowest BCUT2D eigenvalue weighted by Crippen LogP contribution is -2.25. The molecule has 0 spiro atoms. The highest BCUT2D eigenvalue weighted by Gasteiger charge is 2.43. The number of hydrogen-bond donors (Lipinski definition) is 2. The lowest BCUT2D eigenvalue weighted by Gasteiger charge is -2.07. The Morgan fingerprint density at radius 3 is 2.71 bits per heavy atom. The number of nitrogens with zero attached hydrogens (tertiary/aromatic N) is 1. The average molecular weight is 309 g/mol. The SMILES string of the molecule is NC(=S)c1ccnc(Nc2ccc3c(c2)OC(F)(F)O3)c1. The molecule has 5 nitrogen and oxygen atoms in total. The van der Waals surface area contributed by atoms with Crippen molar-refractivity contribution in [3.8, 4) is 11.5 Å². The molecule has 8 heteroatoms. The fourth-order valence-electron chi connectivity index (χ4n) is 1.83. The molecular formula is C13H9F2N3O2S. The Labute approximate surface area is 123 Å². The van der Waals surface area contributed by atoms with E-state index in [4.69, 9.17) is 18.0 Å². The summed E-state index contributed by atoms with van der Waals surface area (Å²) in [7, 11) is 0. The van der Waals surface area contributed by atoms with E-state index in [1.54, 1.807) is 18.2 Å². The Bertz CT molecular complexity index is 724. The van der Waals surface area contributed by atoms with Gasteiger partial charge in [0.05, 0.1) is 0 Å². The highest BCUT2D eigenvalue weighted by molar-refractivity contribution is 7.80. The van der Waals surface area contributed by atoms with Crippen molar-refractivity contribution in [1.29, 1.82) is 0 Å². The van der Waals surface area contributed by atoms with E-state index in [1.807, 2.05) is 0 Å². The number of thiocarbonyl (C=S) groups is 1. The zero-order valence-corrected chi connectivity index (χ0v) is 11.3. The molecule has 1 aromatic heterocycles. The van der Waals surface area contributed by atoms with Gasteiger partial charge in [-0.3, -0.25) is 0 Å². The number of fused-ring (bicyclic) bond motifs is 1. The largest absolute Gasteiger partial charge is 0.586 e. The van der Waals surface area contributed by atoms with Crippen LogP contribution in [0.1, 0.15) is 5.56 Å². The zero-order chi connectivity index (χ0) is 15.0. The molecule has 0 radical (unpaired) electrons. The summed E-state index contributed by atoms with van der Waals surface area (Å²) in [5, 5.41) is 2.95. The predicted octanol–water partition coefficient (Wildman–Crippen LogP) is 2.78. The molecule has 1 aromatic carbocycles. The average Bonchev–Trinajstić information content (AvgIpc) is 2.72. The van der Waals surface area contributed by atoms with Crippen molar-refractivity contribution in [2.45, 2.75) is 6.29 Å². The van der Waals surface area contributed by atoms with Crippen molar-refractivity contribution in [2.75, 3.05) is 5.32 Å². The van der Waals surface area contributed by atoms with Crippen LogP contribution in [0.2, 0.25) is 0 Å². The molecule has 0 saturated heterocycles. The third-order valence-electron chi connectivity index (χ3n) is 2.72. The number of ether oxygens (including phenoxy) is 2. The molecule has 1 aliphatic heterocycles. The summed E-state index contributed by atoms with van der Waals surface area (Å²) in [6.45, 7) is 0. The summed E-state index contributed by atoms with van der Waals surface area (Å²) in [6, 6.07) is 7.68. The molecule has 0 atom stereocenters. The minimum atomic E-state index is -3.63. The van der Waals surface area contributed by atoms with Gasteiger partial charge in [-0.1, -0.05) is 12.2 Å². The summed E-state index contributed by atoms with van der Waals surface area (Å²) >= 11 is 4.88. The van der Waals surface area contributed by atoms with Crippen molar-refractivity contribution in [3.63, 3.8) is 0 Å². The maximum absolute atomic E-state index is 12.9. The van der Waals surface area contributed by atoms with Crippen LogP contribution in [0.4, 0.5) is 20.3 Å². The Kier molecular flexibility index (Phi) is 3.09. The van der Waals surface area contributed by atoms with E-state index in [9.17, 15) is 8.78 Å². The molecule has 0 fully saturated rings. The van der Waals surface area contributed by atoms with E-state index in [1.165, 1.54) is 18.3 Å². The summed E-state index contributed by atoms with van der Waals surface area (Å²) in [5.74, 6) is 0.414. The number of aromatic nitrogens is 1. The molecule has 2 aromatic rings. The first kappa shape index (κ1) is 13.5. The first-order valence-corrected chi connectivity index (χ1v) is 6.26. The first-order valence-electron chi connectivity index (χ1n) is 5.86. The van der Waals surface area contributed by atoms with Gasteiger partial charge in [0.1, 0.15) is 10.8 Å². The van der Waals surface area contributed by atoms with Crippen LogP contribution in [0, 0.1) is 0 Å². The van der Waals surface area contributed by atoms with Crippen molar-refractivity contribution in [2.24, 2.45) is 5.73 Å². The summed E-state index contributed by atoms with van der Waals surface area (Å²) in [4.78, 5) is 4.33. The molecule has 1 aliphatic rings. The number of benzene rings is 1. The van der Waals surface area contributed by atoms with Gasteiger partial charge in [0.2, 0.25) is 0 Å². The highest BCUT2D eigenvalue weighted by atomic mass is 32.1. The number of rotatable bonds is 3. The number of nitrogens with one attached hydrogen (secondary N) is 1. The normalized spacial score (nSPS) is 14.8. The van der Waals surface area contributed by atoms with Gasteiger partial charge in [0.25, 0.3) is 0 Å². The molecular weight excluding hydrogens is 300 g/mol. The topological polar surface area (TPSA) is 69.4 Å². The molecule has 2 heterocycles. The lowest BCUT2D eigenvalue weighted by atomic mass is 10.2. The van der Waals surface area contributed by atoms with Gasteiger partial charge in [-0.05, 0) is 24.3 Å². The number of alkyl halides is 2. The number of anilines is 2. The number of halogens is 2. The summed E-state index contributed by atoms with van der Waals surface area (Å²) in [5.41, 5.74) is 6.70. The maximum atomic E-state index is 12.9. The minimum absolute atomic E-state index is 0.0182. The highest BCUT2D eigenvalue weighted by Crippen LogP contribution is 2.42. The second kappa shape index (κ2) is 4.81. The van der Waals surface area contributed by atoms with Gasteiger partial charge < -0.3 is 20.5 Å². The molecule has 0 saturated carbocycles. The molecule has 21 heavy (non-hydrogen) atoms. The Balaban J connectivity index is 1.84. The summed E-state index contributed by atoms with van der Waals surface area (Å²) < 4.78 is 34.6. The van der Waals surface area contributed by atoms with Crippen molar-refractivity contribution in [1.82, 2.24) is 4.98 Å². The van der Waals surface area contributed by atoms with Gasteiger partial charge in [0, 0.05) is 23.5 Å². The predicted molar refractivity (Wildman–Crippen MR) is 76.1 cm³/mol. The zero-order valence-electron chi connectivity index (χ0n) is 10.5. The Hall–Kier alpha value is -2.48. The van der Waals surface area contributed by atoms with E-state index in [0.717, 1.165) is 0 Å². The molecule has 3 N–H and O–H groups in total. The summed E-state index contributed by atoms with van der Waals surface area (Å²) in [6.07, 6.45) is -2.09. The first-order chi connectivity index (χ1) is 9.93. The maximum Gasteiger partial charge on any atom is 0.586 e. The van der Waals surface area contributed by atoms with Gasteiger partial charge in [-0.15, -0.1) is 8.78 Å². The fourth-order valence-corrected chi connectivity index (χ4v) is 1.95. The second-order valence-corrected chi connectivity index (χ2v) is 4.69. The molecule has 108 valence electrons. The van der Waals surface area contributed by atoms with E-state index < -0.39 is 6.29 Å². The Morgan fingerprint density at radius 1 is 1.19 bits per heavy atom. The molecule has 0 bridgehead atoms. The minimum Gasteiger partial charge on any atom is -0.395 e. The van der Waals surface area contributed by atoms with Crippen LogP contribution in [-0.4, -0.2) is 16.3 Å². The van der Waals surface area contributed by atoms with Gasteiger partial charge in [-0.25, -0.2) is 4.98 Å². The van der Waals surface area contributed by atoms with Crippen molar-refractivity contribution < 1.29 is 18.3 Å². The second-order valence-electron chi connectivity index (χ2n) is 4.25. The smallest absolute Gasteiger partial charge is 0.395 e. The van der Waals surface area contributed by atoms with Crippen molar-refractivity contribution >= 4 is 28.7 Å². The quantitative estimate of drug-likeness (QED) is 0.850. The van der Waals surface area contributed by atoms with Gasteiger partial charge >= 0.3 is 6.29 Å². The third-order valence-corrected chi connectivity index (χ3v) is 2.95. The van der Waals surface area contributed by atoms with Crippen LogP contribution in [-0.2, 0) is 0 Å². The van der Waals surface area contributed by atoms with Crippen LogP contribution >= 0.6 is 12.2 Å². The fraction of sp³-hybridized carbons (Fsp3) is 0.0769. The van der Waals surface area contributed by atoms with Crippen LogP contribution in [0.15, 0.2) is 36.5 Å². The van der Waals surface area contributed by atoms with Crippen LogP contribution in [0.5, 0.6) is 11.5 Å². The molecule has 3 rings (SSSR count). The molecule has 0 aliphatic carbocycles. The van der Waals surface area contributed by atoms with Crippen molar-refractivity contribution in [3.05, 3.63) is 42.1 Å². The van der Waals surface area contributed by atoms with Crippen LogP contribution in [0.25, 0.3) is 0 Å². The number of hydrogen-bond acceptors (Lipinski definition) is 5. The Morgan fingerprint density at radius 2 is 1.95 bits per heavy atom. The number of pyridine rings is 1. The van der Waals surface area contributed by atoms with E-state index >= 15 is 0 Å². The van der Waals surface area contributed by atoms with Gasteiger partial charge in [-0.2, -0.15) is 0 Å². The van der Waals surface area contributed by atoms with Crippen LogP contribution < -0.4 is 20.5 Å². The van der Waals surface area contributed by atoms with E-state index in [-0.39, 0.29) is 16.5 Å². The van der Waals surface area contributed by atoms with E-state index in [0.29, 0.717) is 17.1 Å². The lowest BCUT2D eigenvalue weighted by molar-refractivity contribution is -0.286. The van der Waals surface area contributed by atoms with Crippen LogP contribution in [0.3, 0.4) is 0 Å².